The molecule has 0 fully saturated rings. The van der Waals surface area contributed by atoms with Gasteiger partial charge in [0.2, 0.25) is 0 Å². The summed E-state index contributed by atoms with van der Waals surface area (Å²) in [5.41, 5.74) is 0.442. The van der Waals surface area contributed by atoms with Gasteiger partial charge in [-0.05, 0) is 13.8 Å². The van der Waals surface area contributed by atoms with Gasteiger partial charge in [0, 0.05) is 0 Å². The molecule has 3 nitrogen and oxygen atoms in total. The Hall–Kier alpha value is -0.350. The fourth-order valence-corrected chi connectivity index (χ4v) is 0.763. The van der Waals surface area contributed by atoms with Crippen molar-refractivity contribution in [1.29, 1.82) is 0 Å². The minimum absolute atomic E-state index is 0.442. The van der Waals surface area contributed by atoms with Gasteiger partial charge in [-0.3, -0.25) is 4.55 Å². The first-order valence-corrected chi connectivity index (χ1v) is 3.97. The second-order valence-electron chi connectivity index (χ2n) is 2.00. The predicted molar refractivity (Wildman–Crippen MR) is 35.8 cm³/mol. The Labute approximate surface area is 55.1 Å². The van der Waals surface area contributed by atoms with Gasteiger partial charge in [0.15, 0.2) is 0 Å². The van der Waals surface area contributed by atoms with E-state index in [1.807, 2.05) is 0 Å². The van der Waals surface area contributed by atoms with Crippen molar-refractivity contribution in [3.8, 4) is 0 Å². The number of hydrogen-bond donors (Lipinski definition) is 1. The fourth-order valence-electron chi connectivity index (χ4n) is 0.254. The van der Waals surface area contributed by atoms with Crippen LogP contribution in [0.5, 0.6) is 0 Å². The zero-order valence-corrected chi connectivity index (χ0v) is 6.27. The smallest absolute Gasteiger partial charge is 0.271 e. The average Bonchev–Trinajstić information content (AvgIpc) is 1.62. The Kier molecular flexibility index (Phi) is 2.40. The maximum atomic E-state index is 10.3. The third-order valence-electron chi connectivity index (χ3n) is 1.14. The van der Waals surface area contributed by atoms with Gasteiger partial charge in [-0.25, -0.2) is 0 Å². The topological polar surface area (TPSA) is 54.4 Å². The molecular weight excluding hydrogens is 140 g/mol. The summed E-state index contributed by atoms with van der Waals surface area (Å²) in [5, 5.41) is -0.850. The highest BCUT2D eigenvalue weighted by Gasteiger charge is 2.16. The fraction of sp³-hybridized carbons (Fsp3) is 0.600. The number of hydrogen-bond acceptors (Lipinski definition) is 2. The van der Waals surface area contributed by atoms with Crippen molar-refractivity contribution in [2.45, 2.75) is 19.1 Å². The van der Waals surface area contributed by atoms with E-state index < -0.39 is 15.4 Å². The summed E-state index contributed by atoms with van der Waals surface area (Å²) in [7, 11) is -3.90. The Balaban J connectivity index is 4.43. The van der Waals surface area contributed by atoms with E-state index >= 15 is 0 Å². The van der Waals surface area contributed by atoms with Crippen LogP contribution in [0.15, 0.2) is 12.2 Å². The van der Waals surface area contributed by atoms with Crippen LogP contribution >= 0.6 is 0 Å². The maximum absolute atomic E-state index is 10.3. The van der Waals surface area contributed by atoms with E-state index in [2.05, 4.69) is 6.58 Å². The molecule has 0 heterocycles. The molecule has 0 aliphatic carbocycles. The minimum atomic E-state index is -3.90. The number of rotatable bonds is 2. The van der Waals surface area contributed by atoms with Crippen molar-refractivity contribution in [3.05, 3.63) is 12.2 Å². The maximum Gasteiger partial charge on any atom is 0.271 e. The highest BCUT2D eigenvalue weighted by Crippen LogP contribution is 2.05. The van der Waals surface area contributed by atoms with Gasteiger partial charge in [-0.2, -0.15) is 8.42 Å². The van der Waals surface area contributed by atoms with Crippen molar-refractivity contribution in [2.75, 3.05) is 0 Å². The van der Waals surface area contributed by atoms with Crippen molar-refractivity contribution in [1.82, 2.24) is 0 Å². The quantitative estimate of drug-likeness (QED) is 0.468. The first kappa shape index (κ1) is 8.65. The van der Waals surface area contributed by atoms with E-state index in [1.54, 1.807) is 6.92 Å². The monoisotopic (exact) mass is 150 g/mol. The van der Waals surface area contributed by atoms with E-state index in [4.69, 9.17) is 4.55 Å². The molecule has 0 saturated carbocycles. The molecule has 54 valence electrons. The standard InChI is InChI=1S/C5H10O3S/c1-4(2)5(3)9(6,7)8/h5H,1H2,2-3H3,(H,6,7,8). The lowest BCUT2D eigenvalue weighted by Crippen LogP contribution is -2.16. The first-order valence-electron chi connectivity index (χ1n) is 2.47. The zero-order valence-electron chi connectivity index (χ0n) is 5.46. The average molecular weight is 150 g/mol. The molecule has 0 aromatic heterocycles. The van der Waals surface area contributed by atoms with Crippen molar-refractivity contribution in [3.63, 3.8) is 0 Å². The van der Waals surface area contributed by atoms with E-state index in [9.17, 15) is 8.42 Å². The lowest BCUT2D eigenvalue weighted by atomic mass is 10.3. The molecule has 0 aliphatic rings. The second kappa shape index (κ2) is 2.49. The summed E-state index contributed by atoms with van der Waals surface area (Å²) in [6.45, 7) is 6.32. The highest BCUT2D eigenvalue weighted by molar-refractivity contribution is 7.86. The Morgan fingerprint density at radius 3 is 2.00 bits per heavy atom. The van der Waals surface area contributed by atoms with Gasteiger partial charge < -0.3 is 0 Å². The Morgan fingerprint density at radius 2 is 2.00 bits per heavy atom. The van der Waals surface area contributed by atoms with Crippen molar-refractivity contribution < 1.29 is 13.0 Å². The van der Waals surface area contributed by atoms with Crippen LogP contribution in [0, 0.1) is 0 Å². The van der Waals surface area contributed by atoms with Crippen LogP contribution in [-0.4, -0.2) is 18.2 Å². The van der Waals surface area contributed by atoms with Gasteiger partial charge >= 0.3 is 0 Å². The Morgan fingerprint density at radius 1 is 1.67 bits per heavy atom. The third-order valence-corrected chi connectivity index (χ3v) is 2.44. The second-order valence-corrected chi connectivity index (χ2v) is 3.74. The van der Waals surface area contributed by atoms with Crippen LogP contribution in [0.25, 0.3) is 0 Å². The molecule has 9 heavy (non-hydrogen) atoms. The van der Waals surface area contributed by atoms with Crippen LogP contribution in [0.2, 0.25) is 0 Å². The zero-order chi connectivity index (χ0) is 7.65. The molecule has 4 heteroatoms. The lowest BCUT2D eigenvalue weighted by Gasteiger charge is -2.04. The van der Waals surface area contributed by atoms with E-state index in [1.165, 1.54) is 6.92 Å². The lowest BCUT2D eigenvalue weighted by molar-refractivity contribution is 0.476. The van der Waals surface area contributed by atoms with Gasteiger partial charge in [0.1, 0.15) is 5.25 Å². The van der Waals surface area contributed by atoms with E-state index in [0.717, 1.165) is 0 Å². The van der Waals surface area contributed by atoms with E-state index in [0.29, 0.717) is 5.57 Å². The molecule has 1 atom stereocenters. The van der Waals surface area contributed by atoms with E-state index in [-0.39, 0.29) is 0 Å². The molecule has 1 N–H and O–H groups in total. The predicted octanol–water partition coefficient (Wildman–Crippen LogP) is 0.839. The third kappa shape index (κ3) is 2.62. The molecule has 0 spiro atoms. The molecular formula is C5H10O3S. The molecule has 0 radical (unpaired) electrons. The van der Waals surface area contributed by atoms with Gasteiger partial charge in [-0.1, -0.05) is 12.2 Å². The Bertz CT molecular complexity index is 202. The van der Waals surface area contributed by atoms with Gasteiger partial charge in [0.25, 0.3) is 10.1 Å². The van der Waals surface area contributed by atoms with Gasteiger partial charge in [0.05, 0.1) is 0 Å². The summed E-state index contributed by atoms with van der Waals surface area (Å²) in [6.07, 6.45) is 0. The minimum Gasteiger partial charge on any atom is -0.285 e. The van der Waals surface area contributed by atoms with Crippen LogP contribution < -0.4 is 0 Å². The van der Waals surface area contributed by atoms with Crippen LogP contribution in [0.4, 0.5) is 0 Å². The van der Waals surface area contributed by atoms with Gasteiger partial charge in [-0.15, -0.1) is 0 Å². The SMILES string of the molecule is C=C(C)C(C)S(=O)(=O)O. The first-order chi connectivity index (χ1) is 3.85. The van der Waals surface area contributed by atoms with Crippen molar-refractivity contribution in [2.24, 2.45) is 0 Å². The molecule has 1 unspecified atom stereocenters. The molecule has 0 aromatic carbocycles. The normalized spacial score (nSPS) is 15.0. The van der Waals surface area contributed by atoms with Crippen LogP contribution in [0.1, 0.15) is 13.8 Å². The summed E-state index contributed by atoms with van der Waals surface area (Å²) >= 11 is 0. The van der Waals surface area contributed by atoms with Crippen molar-refractivity contribution >= 4 is 10.1 Å². The summed E-state index contributed by atoms with van der Waals surface area (Å²) < 4.78 is 28.9. The summed E-state index contributed by atoms with van der Waals surface area (Å²) in [4.78, 5) is 0. The summed E-state index contributed by atoms with van der Waals surface area (Å²) in [6, 6.07) is 0. The van der Waals surface area contributed by atoms with Crippen LogP contribution in [0.3, 0.4) is 0 Å². The molecule has 0 aliphatic heterocycles. The molecule has 0 amide bonds. The molecule has 0 bridgehead atoms. The molecule has 0 rings (SSSR count). The highest BCUT2D eigenvalue weighted by atomic mass is 32.2. The molecule has 0 aromatic rings. The van der Waals surface area contributed by atoms with Crippen LogP contribution in [-0.2, 0) is 10.1 Å². The largest absolute Gasteiger partial charge is 0.285 e. The summed E-state index contributed by atoms with van der Waals surface area (Å²) in [5.74, 6) is 0. The molecule has 0 saturated heterocycles.